The van der Waals surface area contributed by atoms with Crippen molar-refractivity contribution in [2.45, 2.75) is 141 Å². The van der Waals surface area contributed by atoms with Crippen molar-refractivity contribution in [1.82, 2.24) is 20.4 Å². The van der Waals surface area contributed by atoms with E-state index < -0.39 is 42.5 Å². The number of hydrogen-bond acceptors (Lipinski definition) is 6. The molecular weight excluding hydrogens is 648 g/mol. The monoisotopic (exact) mass is 708 g/mol. The number of allylic oxidation sites excluding steroid dienone is 4. The number of carbonyl (C=O) groups is 5. The van der Waals surface area contributed by atoms with Gasteiger partial charge in [0.2, 0.25) is 23.6 Å². The van der Waals surface area contributed by atoms with E-state index >= 15 is 0 Å². The number of nitrogens with one attached hydrogen (secondary N) is 2. The first-order valence-electron chi connectivity index (χ1n) is 19.2. The molecule has 3 rings (SSSR count). The number of amides is 4. The minimum absolute atomic E-state index is 0.00759. The molecule has 2 aliphatic heterocycles. The highest BCUT2D eigenvalue weighted by Gasteiger charge is 2.42. The van der Waals surface area contributed by atoms with Gasteiger partial charge in [-0.1, -0.05) is 75.5 Å². The number of phenolic OH excluding ortho intramolecular Hbond substituents is 1. The number of aliphatic carboxylic acids is 1. The molecule has 0 aliphatic carbocycles. The fourth-order valence-electron chi connectivity index (χ4n) is 6.81. The molecule has 51 heavy (non-hydrogen) atoms. The Bertz CT molecular complexity index is 1310. The van der Waals surface area contributed by atoms with E-state index in [0.717, 1.165) is 56.9 Å². The second-order valence-corrected chi connectivity index (χ2v) is 13.8. The molecule has 2 fully saturated rings. The molecule has 1 unspecified atom stereocenters. The van der Waals surface area contributed by atoms with Crippen LogP contribution in [-0.4, -0.2) is 87.4 Å². The summed E-state index contributed by atoms with van der Waals surface area (Å²) in [6.45, 7) is 2.75. The maximum atomic E-state index is 13.6. The Labute approximate surface area is 303 Å². The van der Waals surface area contributed by atoms with Crippen LogP contribution in [0.4, 0.5) is 0 Å². The molecule has 2 heterocycles. The van der Waals surface area contributed by atoms with Crippen molar-refractivity contribution in [2.75, 3.05) is 19.6 Å². The number of phenols is 1. The second kappa shape index (κ2) is 23.3. The molecule has 0 bridgehead atoms. The quantitative estimate of drug-likeness (QED) is 0.0827. The Kier molecular flexibility index (Phi) is 18.9. The zero-order valence-electron chi connectivity index (χ0n) is 30.5. The van der Waals surface area contributed by atoms with E-state index in [1.54, 1.807) is 21.9 Å². The van der Waals surface area contributed by atoms with Crippen LogP contribution >= 0.6 is 0 Å². The first-order chi connectivity index (χ1) is 24.7. The Morgan fingerprint density at radius 3 is 2.14 bits per heavy atom. The highest BCUT2D eigenvalue weighted by Crippen LogP contribution is 2.26. The fourth-order valence-corrected chi connectivity index (χ4v) is 6.81. The van der Waals surface area contributed by atoms with Crippen LogP contribution in [0.5, 0.6) is 5.75 Å². The summed E-state index contributed by atoms with van der Waals surface area (Å²) < 4.78 is 0. The third kappa shape index (κ3) is 14.9. The number of carboxylic acids is 1. The summed E-state index contributed by atoms with van der Waals surface area (Å²) in [7, 11) is 0. The molecule has 1 aromatic rings. The lowest BCUT2D eigenvalue weighted by atomic mass is 10.1. The minimum atomic E-state index is -1.19. The Hall–Kier alpha value is -4.15. The van der Waals surface area contributed by atoms with E-state index in [1.807, 2.05) is 0 Å². The third-order valence-electron chi connectivity index (χ3n) is 9.75. The average Bonchev–Trinajstić information content (AvgIpc) is 3.82. The summed E-state index contributed by atoms with van der Waals surface area (Å²) in [6, 6.07) is 3.93. The van der Waals surface area contributed by atoms with Gasteiger partial charge in [0.1, 0.15) is 23.9 Å². The van der Waals surface area contributed by atoms with Crippen molar-refractivity contribution in [3.8, 4) is 5.75 Å². The van der Waals surface area contributed by atoms with Crippen LogP contribution in [0.1, 0.15) is 122 Å². The van der Waals surface area contributed by atoms with Crippen LogP contribution in [0.15, 0.2) is 48.6 Å². The molecule has 4 amide bonds. The molecule has 4 N–H and O–H groups in total. The van der Waals surface area contributed by atoms with Crippen molar-refractivity contribution in [2.24, 2.45) is 0 Å². The van der Waals surface area contributed by atoms with E-state index in [2.05, 4.69) is 41.9 Å². The predicted octanol–water partition coefficient (Wildman–Crippen LogP) is 5.81. The number of nitrogens with zero attached hydrogens (tertiary/aromatic N) is 2. The number of unbranched alkanes of at least 4 members (excludes halogenated alkanes) is 8. The van der Waals surface area contributed by atoms with Crippen LogP contribution in [-0.2, 0) is 30.4 Å². The number of benzene rings is 1. The smallest absolute Gasteiger partial charge is 0.326 e. The normalized spacial score (nSPS) is 18.1. The Morgan fingerprint density at radius 1 is 0.824 bits per heavy atom. The lowest BCUT2D eigenvalue weighted by molar-refractivity contribution is -0.146. The lowest BCUT2D eigenvalue weighted by Crippen LogP contribution is -2.54. The summed E-state index contributed by atoms with van der Waals surface area (Å²) >= 11 is 0. The highest BCUT2D eigenvalue weighted by atomic mass is 16.4. The molecule has 282 valence electrons. The number of rotatable bonds is 23. The standard InChI is InChI=1S/C40H60N4O7/c1-2-3-4-5-6-7-8-9-10-11-12-13-14-15-16-21-37(47)43-28-18-20-35(43)39(49)44-29-17-19-34(44)38(48)41-30-36(46)42-33(40(50)51)27-24-31-22-25-32(45)26-23-31/h6-7,9-10,22-23,25-26,33-35,45H,2-5,8,11-21,24,27-30H2,1H3,(H,41,48)(H,42,46)(H,50,51)/b7-6-,10-9-/t33-,34-,35?/m0/s1. The first-order valence-corrected chi connectivity index (χ1v) is 19.2. The van der Waals surface area contributed by atoms with E-state index in [1.165, 1.54) is 37.8 Å². The van der Waals surface area contributed by atoms with Crippen molar-refractivity contribution in [3.63, 3.8) is 0 Å². The van der Waals surface area contributed by atoms with Gasteiger partial charge in [0.05, 0.1) is 6.54 Å². The summed E-state index contributed by atoms with van der Waals surface area (Å²) in [5.41, 5.74) is 0.816. The second-order valence-electron chi connectivity index (χ2n) is 13.8. The molecule has 0 radical (unpaired) electrons. The van der Waals surface area contributed by atoms with Gasteiger partial charge in [0.15, 0.2) is 0 Å². The van der Waals surface area contributed by atoms with E-state index in [4.69, 9.17) is 0 Å². The van der Waals surface area contributed by atoms with Crippen molar-refractivity contribution in [3.05, 3.63) is 54.1 Å². The summed E-state index contributed by atoms with van der Waals surface area (Å²) in [5.74, 6) is -2.41. The van der Waals surface area contributed by atoms with Gasteiger partial charge in [-0.3, -0.25) is 19.2 Å². The lowest BCUT2D eigenvalue weighted by Gasteiger charge is -2.31. The zero-order chi connectivity index (χ0) is 36.8. The number of carboxylic acid groups (broad SMARTS) is 1. The Morgan fingerprint density at radius 2 is 1.45 bits per heavy atom. The molecular formula is C40H60N4O7. The van der Waals surface area contributed by atoms with E-state index in [0.29, 0.717) is 45.2 Å². The molecule has 3 atom stereocenters. The van der Waals surface area contributed by atoms with Crippen molar-refractivity contribution >= 4 is 29.6 Å². The molecule has 11 nitrogen and oxygen atoms in total. The topological polar surface area (TPSA) is 156 Å². The first kappa shape index (κ1) is 41.3. The summed E-state index contributed by atoms with van der Waals surface area (Å²) in [5, 5.41) is 24.1. The van der Waals surface area contributed by atoms with Crippen molar-refractivity contribution in [1.29, 1.82) is 0 Å². The maximum Gasteiger partial charge on any atom is 0.326 e. The van der Waals surface area contributed by atoms with E-state index in [9.17, 15) is 34.2 Å². The third-order valence-corrected chi connectivity index (χ3v) is 9.75. The largest absolute Gasteiger partial charge is 0.508 e. The van der Waals surface area contributed by atoms with Crippen LogP contribution in [0.25, 0.3) is 0 Å². The highest BCUT2D eigenvalue weighted by molar-refractivity contribution is 5.94. The summed E-state index contributed by atoms with van der Waals surface area (Å²) in [4.78, 5) is 67.4. The zero-order valence-corrected chi connectivity index (χ0v) is 30.5. The van der Waals surface area contributed by atoms with Gasteiger partial charge >= 0.3 is 5.97 Å². The van der Waals surface area contributed by atoms with Crippen LogP contribution in [0, 0.1) is 0 Å². The molecule has 11 heteroatoms. The van der Waals surface area contributed by atoms with Gasteiger partial charge in [-0.2, -0.15) is 0 Å². The molecule has 0 aromatic heterocycles. The SMILES string of the molecule is CCCCC/C=C\C/C=C\CCCCCCCC(=O)N1CCCC1C(=O)N1CCC[C@H]1C(=O)NCC(=O)N[C@@H](CCc1ccc(O)cc1)C(=O)O. The number of carbonyl (C=O) groups excluding carboxylic acids is 4. The molecule has 0 saturated carbocycles. The molecule has 0 spiro atoms. The van der Waals surface area contributed by atoms with Crippen LogP contribution in [0.3, 0.4) is 0 Å². The van der Waals surface area contributed by atoms with E-state index in [-0.39, 0.29) is 24.0 Å². The summed E-state index contributed by atoms with van der Waals surface area (Å²) in [6.07, 6.45) is 24.6. The van der Waals surface area contributed by atoms with Gasteiger partial charge in [0, 0.05) is 19.5 Å². The van der Waals surface area contributed by atoms with Gasteiger partial charge in [-0.05, 0) is 94.7 Å². The number of likely N-dealkylation sites (tertiary alicyclic amines) is 2. The number of hydrogen-bond donors (Lipinski definition) is 4. The number of aromatic hydroxyl groups is 1. The molecule has 1 aromatic carbocycles. The molecule has 2 saturated heterocycles. The Balaban J connectivity index is 1.34. The molecule has 2 aliphatic rings. The van der Waals surface area contributed by atoms with Gasteiger partial charge < -0.3 is 30.6 Å². The minimum Gasteiger partial charge on any atom is -0.508 e. The predicted molar refractivity (Wildman–Crippen MR) is 198 cm³/mol. The van der Waals surface area contributed by atoms with Crippen LogP contribution < -0.4 is 10.6 Å². The number of aryl methyl sites for hydroxylation is 1. The average molecular weight is 709 g/mol. The van der Waals surface area contributed by atoms with Gasteiger partial charge in [-0.25, -0.2) is 4.79 Å². The van der Waals surface area contributed by atoms with Crippen molar-refractivity contribution < 1.29 is 34.2 Å². The van der Waals surface area contributed by atoms with Crippen LogP contribution in [0.2, 0.25) is 0 Å². The van der Waals surface area contributed by atoms with Gasteiger partial charge in [-0.15, -0.1) is 0 Å². The van der Waals surface area contributed by atoms with Gasteiger partial charge in [0.25, 0.3) is 0 Å². The maximum absolute atomic E-state index is 13.6. The fraction of sp³-hybridized carbons (Fsp3) is 0.625.